The summed E-state index contributed by atoms with van der Waals surface area (Å²) in [4.78, 5) is 15.9. The van der Waals surface area contributed by atoms with Gasteiger partial charge < -0.3 is 10.1 Å². The molecule has 0 aliphatic carbocycles. The van der Waals surface area contributed by atoms with Crippen LogP contribution in [-0.2, 0) is 9.53 Å². The lowest BCUT2D eigenvalue weighted by atomic mass is 10.2. The molecule has 0 saturated heterocycles. The summed E-state index contributed by atoms with van der Waals surface area (Å²) in [6.07, 6.45) is 0.780. The number of aromatic nitrogens is 3. The lowest BCUT2D eigenvalue weighted by Crippen LogP contribution is -2.26. The first kappa shape index (κ1) is 16.4. The van der Waals surface area contributed by atoms with Gasteiger partial charge >= 0.3 is 0 Å². The standard InChI is InChI=1S/C14H17FN4O2S/c1-21-8-2-7-16-12(20)9-22-14-17-13(18-19-14)10-3-5-11(15)6-4-10/h3-6H,2,7-9H2,1H3,(H,16,20)(H,17,18,19). The largest absolute Gasteiger partial charge is 0.385 e. The van der Waals surface area contributed by atoms with Gasteiger partial charge in [0.15, 0.2) is 5.82 Å². The van der Waals surface area contributed by atoms with E-state index < -0.39 is 0 Å². The molecule has 1 amide bonds. The van der Waals surface area contributed by atoms with Crippen molar-refractivity contribution in [3.05, 3.63) is 30.1 Å². The fraction of sp³-hybridized carbons (Fsp3) is 0.357. The lowest BCUT2D eigenvalue weighted by molar-refractivity contribution is -0.118. The minimum atomic E-state index is -0.303. The molecular weight excluding hydrogens is 307 g/mol. The lowest BCUT2D eigenvalue weighted by Gasteiger charge is -2.02. The molecule has 6 nitrogen and oxygen atoms in total. The van der Waals surface area contributed by atoms with Gasteiger partial charge in [0, 0.05) is 25.8 Å². The van der Waals surface area contributed by atoms with Crippen LogP contribution in [0, 0.1) is 5.82 Å². The average molecular weight is 324 g/mol. The quantitative estimate of drug-likeness (QED) is 0.572. The van der Waals surface area contributed by atoms with Crippen molar-refractivity contribution in [2.24, 2.45) is 0 Å². The Labute approximate surface area is 131 Å². The van der Waals surface area contributed by atoms with Crippen molar-refractivity contribution in [1.29, 1.82) is 0 Å². The van der Waals surface area contributed by atoms with E-state index in [1.165, 1.54) is 23.9 Å². The normalized spacial score (nSPS) is 10.6. The molecule has 2 rings (SSSR count). The number of rotatable bonds is 8. The van der Waals surface area contributed by atoms with Gasteiger partial charge in [-0.25, -0.2) is 9.37 Å². The van der Waals surface area contributed by atoms with Crippen LogP contribution >= 0.6 is 11.8 Å². The molecule has 2 N–H and O–H groups in total. The molecule has 0 aliphatic heterocycles. The van der Waals surface area contributed by atoms with Crippen molar-refractivity contribution in [3.8, 4) is 11.4 Å². The number of ether oxygens (including phenoxy) is 1. The number of halogens is 1. The van der Waals surface area contributed by atoms with E-state index in [2.05, 4.69) is 20.5 Å². The highest BCUT2D eigenvalue weighted by molar-refractivity contribution is 7.99. The fourth-order valence-corrected chi connectivity index (χ4v) is 2.30. The summed E-state index contributed by atoms with van der Waals surface area (Å²) in [5.74, 6) is 0.411. The van der Waals surface area contributed by atoms with E-state index in [4.69, 9.17) is 4.74 Å². The first-order valence-corrected chi connectivity index (χ1v) is 7.74. The number of carbonyl (C=O) groups excluding carboxylic acids is 1. The summed E-state index contributed by atoms with van der Waals surface area (Å²) >= 11 is 1.24. The number of hydrogen-bond donors (Lipinski definition) is 2. The number of thioether (sulfide) groups is 1. The van der Waals surface area contributed by atoms with Crippen molar-refractivity contribution in [2.45, 2.75) is 11.6 Å². The summed E-state index contributed by atoms with van der Waals surface area (Å²) in [5, 5.41) is 10.1. The van der Waals surface area contributed by atoms with Crippen LogP contribution in [-0.4, -0.2) is 47.1 Å². The van der Waals surface area contributed by atoms with Crippen LogP contribution in [0.5, 0.6) is 0 Å². The molecule has 0 radical (unpaired) electrons. The smallest absolute Gasteiger partial charge is 0.230 e. The number of amides is 1. The van der Waals surface area contributed by atoms with Gasteiger partial charge in [-0.1, -0.05) is 11.8 Å². The van der Waals surface area contributed by atoms with Crippen LogP contribution < -0.4 is 5.32 Å². The molecule has 0 unspecified atom stereocenters. The third-order valence-electron chi connectivity index (χ3n) is 2.76. The van der Waals surface area contributed by atoms with E-state index in [-0.39, 0.29) is 17.5 Å². The molecule has 0 bridgehead atoms. The van der Waals surface area contributed by atoms with Crippen LogP contribution in [0.1, 0.15) is 6.42 Å². The maximum Gasteiger partial charge on any atom is 0.230 e. The Balaban J connectivity index is 1.79. The molecule has 0 aliphatic rings. The summed E-state index contributed by atoms with van der Waals surface area (Å²) < 4.78 is 17.8. The molecule has 0 atom stereocenters. The topological polar surface area (TPSA) is 79.9 Å². The Morgan fingerprint density at radius 3 is 2.91 bits per heavy atom. The summed E-state index contributed by atoms with van der Waals surface area (Å²) in [6, 6.07) is 5.95. The summed E-state index contributed by atoms with van der Waals surface area (Å²) in [6.45, 7) is 1.21. The molecule has 0 spiro atoms. The molecule has 8 heteroatoms. The molecule has 1 heterocycles. The Morgan fingerprint density at radius 1 is 1.41 bits per heavy atom. The van der Waals surface area contributed by atoms with Crippen molar-refractivity contribution in [3.63, 3.8) is 0 Å². The van der Waals surface area contributed by atoms with E-state index in [1.807, 2.05) is 0 Å². The van der Waals surface area contributed by atoms with Gasteiger partial charge in [0.1, 0.15) is 5.82 Å². The van der Waals surface area contributed by atoms with Gasteiger partial charge in [-0.3, -0.25) is 9.89 Å². The number of hydrogen-bond acceptors (Lipinski definition) is 5. The molecule has 0 saturated carbocycles. The molecular formula is C14H17FN4O2S. The van der Waals surface area contributed by atoms with Crippen molar-refractivity contribution in [2.75, 3.05) is 26.0 Å². The number of aromatic amines is 1. The Morgan fingerprint density at radius 2 is 2.18 bits per heavy atom. The van der Waals surface area contributed by atoms with E-state index in [9.17, 15) is 9.18 Å². The van der Waals surface area contributed by atoms with E-state index in [1.54, 1.807) is 19.2 Å². The average Bonchev–Trinajstić information content (AvgIpc) is 2.99. The zero-order chi connectivity index (χ0) is 15.8. The molecule has 118 valence electrons. The van der Waals surface area contributed by atoms with E-state index >= 15 is 0 Å². The number of nitrogens with zero attached hydrogens (tertiary/aromatic N) is 2. The predicted octanol–water partition coefficient (Wildman–Crippen LogP) is 1.86. The Hall–Kier alpha value is -1.93. The number of benzene rings is 1. The second kappa shape index (κ2) is 8.50. The Kier molecular flexibility index (Phi) is 6.35. The molecule has 2 aromatic rings. The zero-order valence-electron chi connectivity index (χ0n) is 12.1. The first-order chi connectivity index (χ1) is 10.7. The first-order valence-electron chi connectivity index (χ1n) is 6.76. The second-order valence-corrected chi connectivity index (χ2v) is 5.40. The number of nitrogens with one attached hydrogen (secondary N) is 2. The predicted molar refractivity (Wildman–Crippen MR) is 82.0 cm³/mol. The maximum atomic E-state index is 12.9. The molecule has 1 aromatic carbocycles. The Bertz CT molecular complexity index is 603. The molecule has 22 heavy (non-hydrogen) atoms. The van der Waals surface area contributed by atoms with Crippen LogP contribution in [0.15, 0.2) is 29.4 Å². The fourth-order valence-electron chi connectivity index (χ4n) is 1.67. The minimum absolute atomic E-state index is 0.0748. The summed E-state index contributed by atoms with van der Waals surface area (Å²) in [5.41, 5.74) is 0.741. The second-order valence-electron chi connectivity index (χ2n) is 4.46. The van der Waals surface area contributed by atoms with Gasteiger partial charge in [-0.15, -0.1) is 5.10 Å². The highest BCUT2D eigenvalue weighted by atomic mass is 32.2. The summed E-state index contributed by atoms with van der Waals surface area (Å²) in [7, 11) is 1.62. The van der Waals surface area contributed by atoms with Crippen molar-refractivity contribution in [1.82, 2.24) is 20.5 Å². The van der Waals surface area contributed by atoms with Crippen molar-refractivity contribution < 1.29 is 13.9 Å². The van der Waals surface area contributed by atoms with Crippen molar-refractivity contribution >= 4 is 17.7 Å². The van der Waals surface area contributed by atoms with Crippen LogP contribution in [0.2, 0.25) is 0 Å². The molecule has 0 fully saturated rings. The van der Waals surface area contributed by atoms with Gasteiger partial charge in [-0.05, 0) is 30.7 Å². The van der Waals surface area contributed by atoms with E-state index in [0.717, 1.165) is 12.0 Å². The van der Waals surface area contributed by atoms with Crippen LogP contribution in [0.25, 0.3) is 11.4 Å². The van der Waals surface area contributed by atoms with Crippen LogP contribution in [0.3, 0.4) is 0 Å². The number of H-pyrrole nitrogens is 1. The highest BCUT2D eigenvalue weighted by Crippen LogP contribution is 2.19. The van der Waals surface area contributed by atoms with Crippen LogP contribution in [0.4, 0.5) is 4.39 Å². The molecule has 1 aromatic heterocycles. The monoisotopic (exact) mass is 324 g/mol. The van der Waals surface area contributed by atoms with Gasteiger partial charge in [0.2, 0.25) is 11.1 Å². The number of carbonyl (C=O) groups is 1. The maximum absolute atomic E-state index is 12.9. The third kappa shape index (κ3) is 5.12. The number of methoxy groups -OCH3 is 1. The van der Waals surface area contributed by atoms with Gasteiger partial charge in [0.05, 0.1) is 5.75 Å². The SMILES string of the molecule is COCCCNC(=O)CSc1n[nH]c(-c2ccc(F)cc2)n1. The van der Waals surface area contributed by atoms with Gasteiger partial charge in [0.25, 0.3) is 0 Å². The van der Waals surface area contributed by atoms with E-state index in [0.29, 0.717) is 24.1 Å². The zero-order valence-corrected chi connectivity index (χ0v) is 13.0. The highest BCUT2D eigenvalue weighted by Gasteiger charge is 2.08. The minimum Gasteiger partial charge on any atom is -0.385 e. The third-order valence-corrected chi connectivity index (χ3v) is 3.61. The van der Waals surface area contributed by atoms with Gasteiger partial charge in [-0.2, -0.15) is 0 Å².